The maximum atomic E-state index is 10.5. The summed E-state index contributed by atoms with van der Waals surface area (Å²) >= 11 is 3.16. The molecule has 1 unspecified atom stereocenters. The highest BCUT2D eigenvalue weighted by atomic mass is 32.2. The van der Waals surface area contributed by atoms with Crippen molar-refractivity contribution in [2.24, 2.45) is 0 Å². The van der Waals surface area contributed by atoms with Crippen LogP contribution in [-0.4, -0.2) is 22.5 Å². The molecular formula is C9H12N2O2S2. The van der Waals surface area contributed by atoms with E-state index in [9.17, 15) is 10.1 Å². The van der Waals surface area contributed by atoms with Gasteiger partial charge >= 0.3 is 5.00 Å². The molecule has 6 heteroatoms. The van der Waals surface area contributed by atoms with E-state index >= 15 is 0 Å². The molecule has 1 fully saturated rings. The molecule has 0 amide bonds. The van der Waals surface area contributed by atoms with E-state index in [1.165, 1.54) is 23.5 Å². The average molecular weight is 244 g/mol. The molecule has 1 aromatic heterocycles. The highest BCUT2D eigenvalue weighted by molar-refractivity contribution is 7.99. The predicted octanol–water partition coefficient (Wildman–Crippen LogP) is 2.25. The molecule has 1 N–H and O–H groups in total. The Balaban J connectivity index is 1.84. The van der Waals surface area contributed by atoms with Crippen molar-refractivity contribution >= 4 is 28.1 Å². The van der Waals surface area contributed by atoms with Gasteiger partial charge in [0, 0.05) is 29.8 Å². The van der Waals surface area contributed by atoms with Gasteiger partial charge in [-0.15, -0.1) is 0 Å². The maximum absolute atomic E-state index is 10.5. The average Bonchev–Trinajstić information content (AvgIpc) is 2.86. The van der Waals surface area contributed by atoms with Crippen molar-refractivity contribution in [2.45, 2.75) is 19.0 Å². The smallest absolute Gasteiger partial charge is 0.309 e. The van der Waals surface area contributed by atoms with E-state index in [1.54, 1.807) is 6.07 Å². The minimum atomic E-state index is -0.334. The van der Waals surface area contributed by atoms with Crippen LogP contribution in [0.3, 0.4) is 0 Å². The fourth-order valence-corrected chi connectivity index (χ4v) is 3.42. The van der Waals surface area contributed by atoms with Gasteiger partial charge in [-0.2, -0.15) is 11.8 Å². The standard InChI is InChI=1S/C9H12N2O2S2/c12-11(13)9-3-7(5-15-9)4-10-8-1-2-14-6-8/h3,5,8,10H,1-2,4,6H2. The van der Waals surface area contributed by atoms with Crippen LogP contribution in [0.1, 0.15) is 12.0 Å². The Bertz CT molecular complexity index is 348. The number of nitrogens with one attached hydrogen (secondary N) is 1. The summed E-state index contributed by atoms with van der Waals surface area (Å²) in [6, 6.07) is 2.23. The monoisotopic (exact) mass is 244 g/mol. The van der Waals surface area contributed by atoms with Gasteiger partial charge in [-0.1, -0.05) is 11.3 Å². The second-order valence-corrected chi connectivity index (χ2v) is 5.53. The number of thioether (sulfide) groups is 1. The number of nitrogens with zero attached hydrogens (tertiary/aromatic N) is 1. The van der Waals surface area contributed by atoms with Gasteiger partial charge in [-0.3, -0.25) is 10.1 Å². The number of hydrogen-bond acceptors (Lipinski definition) is 5. The van der Waals surface area contributed by atoms with Crippen LogP contribution in [0.25, 0.3) is 0 Å². The molecule has 1 aromatic rings. The van der Waals surface area contributed by atoms with Crippen LogP contribution < -0.4 is 5.32 Å². The maximum Gasteiger partial charge on any atom is 0.324 e. The lowest BCUT2D eigenvalue weighted by molar-refractivity contribution is -0.380. The summed E-state index contributed by atoms with van der Waals surface area (Å²) < 4.78 is 0. The summed E-state index contributed by atoms with van der Waals surface area (Å²) in [5.41, 5.74) is 1.02. The van der Waals surface area contributed by atoms with Crippen LogP contribution in [0.2, 0.25) is 0 Å². The van der Waals surface area contributed by atoms with E-state index < -0.39 is 0 Å². The molecule has 82 valence electrons. The minimum Gasteiger partial charge on any atom is -0.309 e. The van der Waals surface area contributed by atoms with E-state index in [2.05, 4.69) is 5.32 Å². The normalized spacial score (nSPS) is 20.7. The number of rotatable bonds is 4. The third-order valence-electron chi connectivity index (χ3n) is 2.34. The number of nitro groups is 1. The van der Waals surface area contributed by atoms with Crippen LogP contribution >= 0.6 is 23.1 Å². The molecule has 0 bridgehead atoms. The molecule has 2 rings (SSSR count). The molecule has 2 heterocycles. The Labute approximate surface area is 96.2 Å². The van der Waals surface area contributed by atoms with Crippen LogP contribution in [0.5, 0.6) is 0 Å². The molecule has 4 nitrogen and oxygen atoms in total. The highest BCUT2D eigenvalue weighted by Gasteiger charge is 2.15. The zero-order valence-corrected chi connectivity index (χ0v) is 9.77. The summed E-state index contributed by atoms with van der Waals surface area (Å²) in [4.78, 5) is 10.1. The fourth-order valence-electron chi connectivity index (χ4n) is 1.51. The Morgan fingerprint density at radius 2 is 2.53 bits per heavy atom. The van der Waals surface area contributed by atoms with Gasteiger partial charge in [0.05, 0.1) is 4.92 Å². The SMILES string of the molecule is O=[N+]([O-])c1cc(CNC2CCSC2)cs1. The molecule has 0 aliphatic carbocycles. The van der Waals surface area contributed by atoms with Crippen molar-refractivity contribution in [3.8, 4) is 0 Å². The number of thiophene rings is 1. The molecule has 1 aliphatic rings. The van der Waals surface area contributed by atoms with Crippen LogP contribution in [0, 0.1) is 10.1 Å². The van der Waals surface area contributed by atoms with E-state index in [1.807, 2.05) is 17.1 Å². The second-order valence-electron chi connectivity index (χ2n) is 3.49. The summed E-state index contributed by atoms with van der Waals surface area (Å²) in [6.07, 6.45) is 1.21. The first-order valence-electron chi connectivity index (χ1n) is 4.78. The van der Waals surface area contributed by atoms with Crippen LogP contribution in [0.4, 0.5) is 5.00 Å². The van der Waals surface area contributed by atoms with Crippen molar-refractivity contribution in [1.82, 2.24) is 5.32 Å². The molecular weight excluding hydrogens is 232 g/mol. The van der Waals surface area contributed by atoms with Crippen LogP contribution in [0.15, 0.2) is 11.4 Å². The first kappa shape index (κ1) is 10.9. The minimum absolute atomic E-state index is 0.229. The first-order valence-corrected chi connectivity index (χ1v) is 6.82. The Hall–Kier alpha value is -0.590. The van der Waals surface area contributed by atoms with Gasteiger partial charge in [-0.25, -0.2) is 0 Å². The van der Waals surface area contributed by atoms with Crippen molar-refractivity contribution in [2.75, 3.05) is 11.5 Å². The summed E-state index contributed by atoms with van der Waals surface area (Å²) in [6.45, 7) is 0.746. The summed E-state index contributed by atoms with van der Waals surface area (Å²) in [5, 5.41) is 16.0. The van der Waals surface area contributed by atoms with Crippen LogP contribution in [-0.2, 0) is 6.54 Å². The van der Waals surface area contributed by atoms with Crippen molar-refractivity contribution < 1.29 is 4.92 Å². The van der Waals surface area contributed by atoms with Gasteiger partial charge in [0.1, 0.15) is 0 Å². The molecule has 1 atom stereocenters. The second kappa shape index (κ2) is 4.96. The lowest BCUT2D eigenvalue weighted by atomic mass is 10.2. The molecule has 1 aliphatic heterocycles. The first-order chi connectivity index (χ1) is 7.25. The summed E-state index contributed by atoms with van der Waals surface area (Å²) in [5.74, 6) is 2.38. The largest absolute Gasteiger partial charge is 0.324 e. The van der Waals surface area contributed by atoms with Crippen molar-refractivity contribution in [1.29, 1.82) is 0 Å². The van der Waals surface area contributed by atoms with E-state index in [0.717, 1.165) is 17.9 Å². The lowest BCUT2D eigenvalue weighted by Gasteiger charge is -2.09. The summed E-state index contributed by atoms with van der Waals surface area (Å²) in [7, 11) is 0. The topological polar surface area (TPSA) is 55.2 Å². The Morgan fingerprint density at radius 1 is 1.67 bits per heavy atom. The molecule has 0 radical (unpaired) electrons. The molecule has 0 saturated carbocycles. The van der Waals surface area contributed by atoms with E-state index in [4.69, 9.17) is 0 Å². The zero-order valence-electron chi connectivity index (χ0n) is 8.14. The van der Waals surface area contributed by atoms with Crippen molar-refractivity contribution in [3.05, 3.63) is 27.1 Å². The molecule has 0 spiro atoms. The van der Waals surface area contributed by atoms with Gasteiger partial charge in [0.15, 0.2) is 0 Å². The fraction of sp³-hybridized carbons (Fsp3) is 0.556. The van der Waals surface area contributed by atoms with E-state index in [0.29, 0.717) is 6.04 Å². The molecule has 0 aromatic carbocycles. The predicted molar refractivity (Wildman–Crippen MR) is 63.5 cm³/mol. The third kappa shape index (κ3) is 2.93. The Kier molecular flexibility index (Phi) is 3.61. The van der Waals surface area contributed by atoms with Gasteiger partial charge in [0.25, 0.3) is 0 Å². The molecule has 15 heavy (non-hydrogen) atoms. The Morgan fingerprint density at radius 3 is 3.13 bits per heavy atom. The zero-order chi connectivity index (χ0) is 10.7. The third-order valence-corrected chi connectivity index (χ3v) is 4.44. The number of hydrogen-bond donors (Lipinski definition) is 1. The lowest BCUT2D eigenvalue weighted by Crippen LogP contribution is -2.27. The van der Waals surface area contributed by atoms with Gasteiger partial charge < -0.3 is 5.32 Å². The van der Waals surface area contributed by atoms with Gasteiger partial charge in [0.2, 0.25) is 0 Å². The highest BCUT2D eigenvalue weighted by Crippen LogP contribution is 2.23. The van der Waals surface area contributed by atoms with E-state index in [-0.39, 0.29) is 9.92 Å². The molecule has 1 saturated heterocycles. The quantitative estimate of drug-likeness (QED) is 0.652. The van der Waals surface area contributed by atoms with Crippen molar-refractivity contribution in [3.63, 3.8) is 0 Å². The van der Waals surface area contributed by atoms with Gasteiger partial charge in [-0.05, 0) is 17.7 Å².